The molecule has 1 aliphatic rings. The highest BCUT2D eigenvalue weighted by Crippen LogP contribution is 2.26. The highest BCUT2D eigenvalue weighted by molar-refractivity contribution is 7.91. The van der Waals surface area contributed by atoms with Gasteiger partial charge in [0, 0.05) is 18.7 Å². The first-order valence-electron chi connectivity index (χ1n) is 11.5. The lowest BCUT2D eigenvalue weighted by atomic mass is 9.86. The van der Waals surface area contributed by atoms with Gasteiger partial charge < -0.3 is 9.32 Å². The molecule has 34 heavy (non-hydrogen) atoms. The fourth-order valence-electron chi connectivity index (χ4n) is 4.35. The van der Waals surface area contributed by atoms with Gasteiger partial charge in [0.1, 0.15) is 5.58 Å². The third-order valence-corrected chi connectivity index (χ3v) is 8.39. The van der Waals surface area contributed by atoms with E-state index in [4.69, 9.17) is 4.42 Å². The van der Waals surface area contributed by atoms with E-state index in [-0.39, 0.29) is 34.7 Å². The highest BCUT2D eigenvalue weighted by atomic mass is 32.2. The standard InChI is InChI=1S/C27H31NO5S/c1-17-12-22-23(29)14-25(33-24(22)13-18(17)2)26(30)28(21-10-11-34(31,32)16-21)15-19-6-8-20(9-7-19)27(3,4)5/h6-9,12-14,21H,10-11,15-16H2,1-5H3/t21-/m0/s1. The number of amides is 1. The molecule has 2 aromatic carbocycles. The lowest BCUT2D eigenvalue weighted by molar-refractivity contribution is 0.0648. The van der Waals surface area contributed by atoms with Crippen LogP contribution in [0.15, 0.2) is 51.7 Å². The van der Waals surface area contributed by atoms with Gasteiger partial charge in [-0.1, -0.05) is 45.0 Å². The zero-order valence-corrected chi connectivity index (χ0v) is 21.2. The van der Waals surface area contributed by atoms with Gasteiger partial charge in [0.15, 0.2) is 21.0 Å². The molecule has 1 atom stereocenters. The maximum atomic E-state index is 13.6. The van der Waals surface area contributed by atoms with E-state index in [1.54, 1.807) is 17.0 Å². The van der Waals surface area contributed by atoms with Crippen molar-refractivity contribution in [2.24, 2.45) is 0 Å². The Balaban J connectivity index is 1.72. The van der Waals surface area contributed by atoms with Gasteiger partial charge in [0.25, 0.3) is 5.91 Å². The van der Waals surface area contributed by atoms with Crippen LogP contribution in [0.5, 0.6) is 0 Å². The van der Waals surface area contributed by atoms with E-state index in [0.717, 1.165) is 16.7 Å². The molecule has 4 rings (SSSR count). The van der Waals surface area contributed by atoms with Gasteiger partial charge in [-0.05, 0) is 60.1 Å². The number of nitrogens with zero attached hydrogens (tertiary/aromatic N) is 1. The molecule has 0 unspecified atom stereocenters. The monoisotopic (exact) mass is 481 g/mol. The van der Waals surface area contributed by atoms with Crippen LogP contribution in [0, 0.1) is 13.8 Å². The van der Waals surface area contributed by atoms with E-state index in [2.05, 4.69) is 20.8 Å². The molecule has 1 amide bonds. The van der Waals surface area contributed by atoms with Crippen LogP contribution in [-0.4, -0.2) is 36.8 Å². The molecule has 0 bridgehead atoms. The van der Waals surface area contributed by atoms with Crippen molar-refractivity contribution in [1.29, 1.82) is 0 Å². The Kier molecular flexibility index (Phi) is 6.19. The van der Waals surface area contributed by atoms with Crippen LogP contribution in [0.4, 0.5) is 0 Å². The normalized spacial score (nSPS) is 17.7. The largest absolute Gasteiger partial charge is 0.451 e. The zero-order valence-electron chi connectivity index (χ0n) is 20.3. The maximum absolute atomic E-state index is 13.6. The Hall–Kier alpha value is -2.93. The topological polar surface area (TPSA) is 84.7 Å². The molecule has 180 valence electrons. The lowest BCUT2D eigenvalue weighted by Gasteiger charge is -2.28. The minimum atomic E-state index is -3.21. The minimum absolute atomic E-state index is 0.00143. The number of sulfone groups is 1. The van der Waals surface area contributed by atoms with Crippen molar-refractivity contribution >= 4 is 26.7 Å². The summed E-state index contributed by atoms with van der Waals surface area (Å²) >= 11 is 0. The molecule has 7 heteroatoms. The summed E-state index contributed by atoms with van der Waals surface area (Å²) in [5, 5.41) is 0.424. The molecular formula is C27H31NO5S. The van der Waals surface area contributed by atoms with Crippen LogP contribution >= 0.6 is 0 Å². The predicted molar refractivity (Wildman–Crippen MR) is 134 cm³/mol. The number of fused-ring (bicyclic) bond motifs is 1. The van der Waals surface area contributed by atoms with Gasteiger partial charge in [-0.2, -0.15) is 0 Å². The second-order valence-electron chi connectivity index (χ2n) is 10.3. The Morgan fingerprint density at radius 2 is 1.71 bits per heavy atom. The van der Waals surface area contributed by atoms with E-state index in [1.807, 2.05) is 38.1 Å². The predicted octanol–water partition coefficient (Wildman–Crippen LogP) is 4.54. The molecule has 1 aromatic heterocycles. The van der Waals surface area contributed by atoms with E-state index in [0.29, 0.717) is 17.4 Å². The number of benzene rings is 2. The van der Waals surface area contributed by atoms with E-state index < -0.39 is 21.8 Å². The molecule has 0 spiro atoms. The summed E-state index contributed by atoms with van der Waals surface area (Å²) in [5.74, 6) is -0.588. The van der Waals surface area contributed by atoms with Crippen molar-refractivity contribution in [2.45, 2.75) is 59.0 Å². The Bertz CT molecular complexity index is 1410. The quantitative estimate of drug-likeness (QED) is 0.546. The molecule has 6 nitrogen and oxygen atoms in total. The fourth-order valence-corrected chi connectivity index (χ4v) is 6.08. The summed E-state index contributed by atoms with van der Waals surface area (Å²) in [4.78, 5) is 27.9. The van der Waals surface area contributed by atoms with Gasteiger partial charge in [0.2, 0.25) is 0 Å². The SMILES string of the molecule is Cc1cc2oc(C(=O)N(Cc3ccc(C(C)(C)C)cc3)[C@H]3CCS(=O)(=O)C3)cc(=O)c2cc1C. The van der Waals surface area contributed by atoms with Gasteiger partial charge >= 0.3 is 0 Å². The summed E-state index contributed by atoms with van der Waals surface area (Å²) in [5.41, 5.74) is 4.05. The van der Waals surface area contributed by atoms with Crippen LogP contribution < -0.4 is 5.43 Å². The van der Waals surface area contributed by atoms with Crippen molar-refractivity contribution in [3.05, 3.63) is 80.7 Å². The number of hydrogen-bond acceptors (Lipinski definition) is 5. The molecule has 0 aliphatic carbocycles. The van der Waals surface area contributed by atoms with E-state index in [9.17, 15) is 18.0 Å². The average Bonchev–Trinajstić information content (AvgIpc) is 3.12. The molecular weight excluding hydrogens is 450 g/mol. The molecule has 1 saturated heterocycles. The second-order valence-corrected chi connectivity index (χ2v) is 12.6. The van der Waals surface area contributed by atoms with Crippen molar-refractivity contribution in [2.75, 3.05) is 11.5 Å². The highest BCUT2D eigenvalue weighted by Gasteiger charge is 2.36. The smallest absolute Gasteiger partial charge is 0.290 e. The number of aryl methyl sites for hydroxylation is 2. The van der Waals surface area contributed by atoms with Crippen molar-refractivity contribution in [3.8, 4) is 0 Å². The number of carbonyl (C=O) groups is 1. The van der Waals surface area contributed by atoms with E-state index >= 15 is 0 Å². The van der Waals surface area contributed by atoms with Crippen LogP contribution in [0.1, 0.15) is 60.0 Å². The zero-order chi connectivity index (χ0) is 24.8. The molecule has 1 fully saturated rings. The molecule has 3 aromatic rings. The first-order valence-corrected chi connectivity index (χ1v) is 13.3. The van der Waals surface area contributed by atoms with Crippen LogP contribution in [0.25, 0.3) is 11.0 Å². The van der Waals surface area contributed by atoms with Crippen molar-refractivity contribution < 1.29 is 17.6 Å². The molecule has 0 radical (unpaired) electrons. The Labute approximate surface area is 200 Å². The first-order chi connectivity index (χ1) is 15.8. The van der Waals surface area contributed by atoms with Crippen molar-refractivity contribution in [1.82, 2.24) is 4.90 Å². The minimum Gasteiger partial charge on any atom is -0.451 e. The Morgan fingerprint density at radius 1 is 1.06 bits per heavy atom. The molecule has 0 N–H and O–H groups in total. The van der Waals surface area contributed by atoms with Crippen LogP contribution in [0.2, 0.25) is 0 Å². The van der Waals surface area contributed by atoms with Crippen LogP contribution in [-0.2, 0) is 21.8 Å². The molecule has 2 heterocycles. The summed E-state index contributed by atoms with van der Waals surface area (Å²) in [7, 11) is -3.21. The Morgan fingerprint density at radius 3 is 2.29 bits per heavy atom. The van der Waals surface area contributed by atoms with Gasteiger partial charge in [-0.3, -0.25) is 9.59 Å². The van der Waals surface area contributed by atoms with Gasteiger partial charge in [-0.15, -0.1) is 0 Å². The maximum Gasteiger partial charge on any atom is 0.290 e. The van der Waals surface area contributed by atoms with Gasteiger partial charge in [-0.25, -0.2) is 8.42 Å². The average molecular weight is 482 g/mol. The molecule has 0 saturated carbocycles. The summed E-state index contributed by atoms with van der Waals surface area (Å²) in [6.07, 6.45) is 0.365. The fraction of sp³-hybridized carbons (Fsp3) is 0.407. The number of hydrogen-bond donors (Lipinski definition) is 0. The van der Waals surface area contributed by atoms with Crippen molar-refractivity contribution in [3.63, 3.8) is 0 Å². The lowest BCUT2D eigenvalue weighted by Crippen LogP contribution is -2.41. The number of rotatable bonds is 4. The summed E-state index contributed by atoms with van der Waals surface area (Å²) < 4.78 is 30.3. The molecule has 1 aliphatic heterocycles. The summed E-state index contributed by atoms with van der Waals surface area (Å²) in [6, 6.07) is 12.3. The van der Waals surface area contributed by atoms with Crippen LogP contribution in [0.3, 0.4) is 0 Å². The summed E-state index contributed by atoms with van der Waals surface area (Å²) in [6.45, 7) is 10.5. The first kappa shape index (κ1) is 24.2. The van der Waals surface area contributed by atoms with Gasteiger partial charge in [0.05, 0.1) is 16.9 Å². The third-order valence-electron chi connectivity index (χ3n) is 6.64. The second kappa shape index (κ2) is 8.69. The van der Waals surface area contributed by atoms with E-state index in [1.165, 1.54) is 11.6 Å². The number of carbonyl (C=O) groups excluding carboxylic acids is 1. The third kappa shape index (κ3) is 4.94.